The summed E-state index contributed by atoms with van der Waals surface area (Å²) in [5, 5.41) is 13.8. The smallest absolute Gasteiger partial charge is 0.255 e. The van der Waals surface area contributed by atoms with Crippen LogP contribution in [0.5, 0.6) is 11.5 Å². The summed E-state index contributed by atoms with van der Waals surface area (Å²) in [5.74, 6) is 0.698. The number of hydrogen-bond acceptors (Lipinski definition) is 6. The van der Waals surface area contributed by atoms with Crippen LogP contribution in [0.25, 0.3) is 0 Å². The van der Waals surface area contributed by atoms with E-state index >= 15 is 0 Å². The Labute approximate surface area is 170 Å². The molecule has 1 fully saturated rings. The quantitative estimate of drug-likeness (QED) is 0.666. The van der Waals surface area contributed by atoms with Crippen molar-refractivity contribution < 1.29 is 24.1 Å². The van der Waals surface area contributed by atoms with Crippen molar-refractivity contribution in [1.82, 2.24) is 10.2 Å². The van der Waals surface area contributed by atoms with E-state index in [1.165, 1.54) is 0 Å². The van der Waals surface area contributed by atoms with Crippen LogP contribution in [0.3, 0.4) is 0 Å². The van der Waals surface area contributed by atoms with Gasteiger partial charge in [0.1, 0.15) is 0 Å². The maximum absolute atomic E-state index is 12.8. The third kappa shape index (κ3) is 5.50. The van der Waals surface area contributed by atoms with Gasteiger partial charge in [0.2, 0.25) is 0 Å². The van der Waals surface area contributed by atoms with E-state index in [-0.39, 0.29) is 11.8 Å². The summed E-state index contributed by atoms with van der Waals surface area (Å²) in [6.45, 7) is 4.60. The van der Waals surface area contributed by atoms with Gasteiger partial charge in [-0.2, -0.15) is 0 Å². The van der Waals surface area contributed by atoms with E-state index in [0.29, 0.717) is 48.4 Å². The van der Waals surface area contributed by atoms with Gasteiger partial charge in [-0.05, 0) is 25.5 Å². The number of piperidine rings is 1. The van der Waals surface area contributed by atoms with Gasteiger partial charge in [-0.3, -0.25) is 4.79 Å². The van der Waals surface area contributed by atoms with Crippen LogP contribution in [0.2, 0.25) is 5.02 Å². The Morgan fingerprint density at radius 1 is 1.39 bits per heavy atom. The third-order valence-electron chi connectivity index (χ3n) is 5.21. The highest BCUT2D eigenvalue weighted by Gasteiger charge is 2.28. The summed E-state index contributed by atoms with van der Waals surface area (Å²) < 4.78 is 16.4. The number of likely N-dealkylation sites (tertiary alicyclic amines) is 1. The number of rotatable bonds is 7. The number of fused-ring (bicyclic) bond motifs is 1. The summed E-state index contributed by atoms with van der Waals surface area (Å²) in [4.78, 5) is 15.0. The average Bonchev–Trinajstić information content (AvgIpc) is 2.92. The fourth-order valence-electron chi connectivity index (χ4n) is 3.65. The van der Waals surface area contributed by atoms with Crippen molar-refractivity contribution in [1.29, 1.82) is 0 Å². The molecule has 0 aromatic heterocycles. The van der Waals surface area contributed by atoms with Gasteiger partial charge in [0, 0.05) is 56.8 Å². The molecule has 28 heavy (non-hydrogen) atoms. The zero-order valence-electron chi connectivity index (χ0n) is 16.3. The molecule has 1 saturated heterocycles. The molecule has 2 atom stereocenters. The molecule has 0 spiro atoms. The largest absolute Gasteiger partial charge is 0.489 e. The molecule has 3 rings (SSSR count). The minimum Gasteiger partial charge on any atom is -0.489 e. The van der Waals surface area contributed by atoms with Gasteiger partial charge in [0.05, 0.1) is 24.9 Å². The van der Waals surface area contributed by atoms with Crippen molar-refractivity contribution >= 4 is 17.5 Å². The first-order valence-corrected chi connectivity index (χ1v) is 10.2. The molecule has 0 saturated carbocycles. The summed E-state index contributed by atoms with van der Waals surface area (Å²) in [5.41, 5.74) is 0.371. The normalized spacial score (nSPS) is 22.5. The molecule has 0 aliphatic carbocycles. The summed E-state index contributed by atoms with van der Waals surface area (Å²) in [6.07, 6.45) is 2.07. The SMILES string of the molecule is COCCCN1CC[C@@H](CNC(=O)c2cc(Cl)cc3c2OCCCO3)[C@H](O)C1. The maximum Gasteiger partial charge on any atom is 0.255 e. The topological polar surface area (TPSA) is 80.3 Å². The van der Waals surface area contributed by atoms with Crippen LogP contribution in [0, 0.1) is 5.92 Å². The molecular weight excluding hydrogens is 384 g/mol. The summed E-state index contributed by atoms with van der Waals surface area (Å²) in [7, 11) is 1.69. The van der Waals surface area contributed by atoms with Crippen LogP contribution in [0.4, 0.5) is 0 Å². The van der Waals surface area contributed by atoms with Crippen LogP contribution >= 0.6 is 11.6 Å². The van der Waals surface area contributed by atoms with Crippen molar-refractivity contribution in [2.75, 3.05) is 53.1 Å². The van der Waals surface area contributed by atoms with E-state index in [4.69, 9.17) is 25.8 Å². The predicted octanol–water partition coefficient (Wildman–Crippen LogP) is 1.95. The van der Waals surface area contributed by atoms with Crippen LogP contribution in [-0.2, 0) is 4.74 Å². The number of ether oxygens (including phenoxy) is 3. The van der Waals surface area contributed by atoms with Crippen molar-refractivity contribution in [3.8, 4) is 11.5 Å². The van der Waals surface area contributed by atoms with E-state index in [2.05, 4.69) is 10.2 Å². The van der Waals surface area contributed by atoms with Gasteiger partial charge in [-0.1, -0.05) is 11.6 Å². The monoisotopic (exact) mass is 412 g/mol. The number of aliphatic hydroxyl groups excluding tert-OH is 1. The van der Waals surface area contributed by atoms with Crippen molar-refractivity contribution in [2.24, 2.45) is 5.92 Å². The molecule has 1 aromatic rings. The second-order valence-electron chi connectivity index (χ2n) is 7.30. The minimum absolute atomic E-state index is 0.0255. The fourth-order valence-corrected chi connectivity index (χ4v) is 3.86. The number of β-amino-alcohol motifs (C(OH)–C–C–N with tert-alkyl or cyclic N) is 1. The Bertz CT molecular complexity index is 672. The second kappa shape index (κ2) is 10.3. The van der Waals surface area contributed by atoms with Gasteiger partial charge in [-0.15, -0.1) is 0 Å². The highest BCUT2D eigenvalue weighted by atomic mass is 35.5. The number of carbonyl (C=O) groups is 1. The molecule has 156 valence electrons. The van der Waals surface area contributed by atoms with E-state index < -0.39 is 6.10 Å². The van der Waals surface area contributed by atoms with Gasteiger partial charge < -0.3 is 29.5 Å². The standard InChI is InChI=1S/C20H29ClN2O5/c1-26-7-2-5-23-6-4-14(17(24)13-23)12-22-20(25)16-10-15(21)11-18-19(16)28-9-3-8-27-18/h10-11,14,17,24H,2-9,12-13H2,1H3,(H,22,25)/t14-,17+/m0/s1. The first kappa shape index (κ1) is 21.2. The molecule has 2 aliphatic rings. The minimum atomic E-state index is -0.465. The van der Waals surface area contributed by atoms with Crippen LogP contribution < -0.4 is 14.8 Å². The fraction of sp³-hybridized carbons (Fsp3) is 0.650. The molecule has 2 heterocycles. The Morgan fingerprint density at radius 2 is 2.21 bits per heavy atom. The number of hydrogen-bond donors (Lipinski definition) is 2. The zero-order valence-corrected chi connectivity index (χ0v) is 17.0. The zero-order chi connectivity index (χ0) is 19.9. The van der Waals surface area contributed by atoms with Crippen molar-refractivity contribution in [3.05, 3.63) is 22.7 Å². The van der Waals surface area contributed by atoms with Crippen molar-refractivity contribution in [3.63, 3.8) is 0 Å². The van der Waals surface area contributed by atoms with Crippen LogP contribution in [-0.4, -0.2) is 75.1 Å². The molecule has 1 aromatic carbocycles. The van der Waals surface area contributed by atoms with Gasteiger partial charge in [0.25, 0.3) is 5.91 Å². The number of halogens is 1. The number of aliphatic hydroxyl groups is 1. The predicted molar refractivity (Wildman–Crippen MR) is 106 cm³/mol. The Hall–Kier alpha value is -1.54. The number of carbonyl (C=O) groups excluding carboxylic acids is 1. The van der Waals surface area contributed by atoms with Crippen molar-refractivity contribution in [2.45, 2.75) is 25.4 Å². The second-order valence-corrected chi connectivity index (χ2v) is 7.74. The highest BCUT2D eigenvalue weighted by molar-refractivity contribution is 6.31. The Morgan fingerprint density at radius 3 is 3.00 bits per heavy atom. The van der Waals surface area contributed by atoms with E-state index in [1.807, 2.05) is 0 Å². The average molecular weight is 413 g/mol. The lowest BCUT2D eigenvalue weighted by Gasteiger charge is -2.36. The van der Waals surface area contributed by atoms with Crippen LogP contribution in [0.15, 0.2) is 12.1 Å². The number of benzene rings is 1. The molecule has 0 radical (unpaired) electrons. The van der Waals surface area contributed by atoms with Crippen LogP contribution in [0.1, 0.15) is 29.6 Å². The number of nitrogens with one attached hydrogen (secondary N) is 1. The molecule has 7 nitrogen and oxygen atoms in total. The molecule has 1 amide bonds. The lowest BCUT2D eigenvalue weighted by atomic mass is 9.93. The van der Waals surface area contributed by atoms with E-state index in [1.54, 1.807) is 19.2 Å². The third-order valence-corrected chi connectivity index (χ3v) is 5.43. The highest BCUT2D eigenvalue weighted by Crippen LogP contribution is 2.36. The lowest BCUT2D eigenvalue weighted by molar-refractivity contribution is 0.0192. The first-order chi connectivity index (χ1) is 13.6. The summed E-state index contributed by atoms with van der Waals surface area (Å²) >= 11 is 6.15. The number of nitrogens with zero attached hydrogens (tertiary/aromatic N) is 1. The van der Waals surface area contributed by atoms with E-state index in [9.17, 15) is 9.90 Å². The van der Waals surface area contributed by atoms with Gasteiger partial charge in [-0.25, -0.2) is 0 Å². The molecular formula is C20H29ClN2O5. The Balaban J connectivity index is 1.56. The molecule has 8 heteroatoms. The maximum atomic E-state index is 12.8. The van der Waals surface area contributed by atoms with Gasteiger partial charge in [0.15, 0.2) is 11.5 Å². The molecule has 0 unspecified atom stereocenters. The number of methoxy groups -OCH3 is 1. The summed E-state index contributed by atoms with van der Waals surface area (Å²) in [6, 6.07) is 3.27. The first-order valence-electron chi connectivity index (χ1n) is 9.85. The molecule has 2 N–H and O–H groups in total. The lowest BCUT2D eigenvalue weighted by Crippen LogP contribution is -2.48. The molecule has 2 aliphatic heterocycles. The van der Waals surface area contributed by atoms with E-state index in [0.717, 1.165) is 39.0 Å². The molecule has 0 bridgehead atoms. The van der Waals surface area contributed by atoms with Gasteiger partial charge >= 0.3 is 0 Å². The number of amides is 1. The Kier molecular flexibility index (Phi) is 7.79.